The Kier molecular flexibility index (Phi) is 2.35. The highest BCUT2D eigenvalue weighted by Gasteiger charge is 2.32. The van der Waals surface area contributed by atoms with Gasteiger partial charge in [-0.3, -0.25) is 9.69 Å². The van der Waals surface area contributed by atoms with E-state index in [9.17, 15) is 9.59 Å². The lowest BCUT2D eigenvalue weighted by Gasteiger charge is -2.36. The number of hydrogen-bond donors (Lipinski definition) is 0. The molecule has 0 aromatic carbocycles. The molecular formula is C8H14N2O2. The van der Waals surface area contributed by atoms with Crippen LogP contribution < -0.4 is 0 Å². The second-order valence-corrected chi connectivity index (χ2v) is 3.07. The summed E-state index contributed by atoms with van der Waals surface area (Å²) in [6.45, 7) is 4.47. The number of rotatable bonds is 1. The summed E-state index contributed by atoms with van der Waals surface area (Å²) in [5, 5.41) is 0. The Bertz CT molecular complexity index is 215. The molecule has 12 heavy (non-hydrogen) atoms. The van der Waals surface area contributed by atoms with Crippen LogP contribution in [0.1, 0.15) is 20.3 Å². The van der Waals surface area contributed by atoms with Gasteiger partial charge in [-0.2, -0.15) is 0 Å². The molecule has 4 heteroatoms. The Balaban J connectivity index is 2.79. The van der Waals surface area contributed by atoms with Crippen molar-refractivity contribution in [2.75, 3.05) is 13.6 Å². The summed E-state index contributed by atoms with van der Waals surface area (Å²) in [6.07, 6.45) is 0.441. The van der Waals surface area contributed by atoms with Crippen molar-refractivity contribution in [3.63, 3.8) is 0 Å². The van der Waals surface area contributed by atoms with E-state index in [0.29, 0.717) is 13.0 Å². The zero-order valence-electron chi connectivity index (χ0n) is 7.70. The average molecular weight is 170 g/mol. The third kappa shape index (κ3) is 1.29. The van der Waals surface area contributed by atoms with Gasteiger partial charge in [-0.1, -0.05) is 0 Å². The van der Waals surface area contributed by atoms with Crippen LogP contribution in [0, 0.1) is 0 Å². The van der Waals surface area contributed by atoms with Gasteiger partial charge in [0.2, 0.25) is 5.91 Å². The number of urea groups is 1. The smallest absolute Gasteiger partial charge is 0.321 e. The van der Waals surface area contributed by atoms with Crippen LogP contribution in [-0.2, 0) is 4.79 Å². The molecule has 1 atom stereocenters. The first-order valence-corrected chi connectivity index (χ1v) is 4.15. The van der Waals surface area contributed by atoms with E-state index in [1.165, 1.54) is 11.9 Å². The van der Waals surface area contributed by atoms with Crippen molar-refractivity contribution in [2.45, 2.75) is 26.3 Å². The molecule has 3 amide bonds. The van der Waals surface area contributed by atoms with Gasteiger partial charge in [0.15, 0.2) is 0 Å². The van der Waals surface area contributed by atoms with E-state index in [4.69, 9.17) is 0 Å². The molecule has 1 unspecified atom stereocenters. The van der Waals surface area contributed by atoms with E-state index in [-0.39, 0.29) is 18.0 Å². The molecule has 1 fully saturated rings. The number of carbonyl (C=O) groups is 2. The topological polar surface area (TPSA) is 40.6 Å². The van der Waals surface area contributed by atoms with Gasteiger partial charge in [0.05, 0.1) is 0 Å². The van der Waals surface area contributed by atoms with Gasteiger partial charge in [0.1, 0.15) is 0 Å². The number of hydrogen-bond acceptors (Lipinski definition) is 2. The van der Waals surface area contributed by atoms with Crippen molar-refractivity contribution in [1.82, 2.24) is 9.80 Å². The zero-order chi connectivity index (χ0) is 9.30. The molecule has 4 nitrogen and oxygen atoms in total. The number of imide groups is 1. The van der Waals surface area contributed by atoms with Crippen molar-refractivity contribution in [2.24, 2.45) is 0 Å². The summed E-state index contributed by atoms with van der Waals surface area (Å²) >= 11 is 0. The van der Waals surface area contributed by atoms with E-state index >= 15 is 0 Å². The lowest BCUT2D eigenvalue weighted by molar-refractivity contribution is -0.131. The first kappa shape index (κ1) is 9.03. The van der Waals surface area contributed by atoms with Crippen LogP contribution in [0.2, 0.25) is 0 Å². The van der Waals surface area contributed by atoms with E-state index in [1.54, 1.807) is 4.90 Å². The molecule has 1 saturated heterocycles. The SMILES string of the molecule is CCN1C(=O)N(C)C(=O)CC1C. The third-order valence-electron chi connectivity index (χ3n) is 2.25. The molecule has 0 spiro atoms. The second kappa shape index (κ2) is 3.13. The molecule has 1 aliphatic heterocycles. The van der Waals surface area contributed by atoms with Crippen LogP contribution in [0.15, 0.2) is 0 Å². The monoisotopic (exact) mass is 170 g/mol. The van der Waals surface area contributed by atoms with Crippen molar-refractivity contribution in [1.29, 1.82) is 0 Å². The van der Waals surface area contributed by atoms with Crippen LogP contribution in [0.5, 0.6) is 0 Å². The number of carbonyl (C=O) groups excluding carboxylic acids is 2. The quantitative estimate of drug-likeness (QED) is 0.580. The van der Waals surface area contributed by atoms with E-state index < -0.39 is 0 Å². The fourth-order valence-electron chi connectivity index (χ4n) is 1.43. The maximum absolute atomic E-state index is 11.4. The van der Waals surface area contributed by atoms with Crippen LogP contribution in [0.25, 0.3) is 0 Å². The Morgan fingerprint density at radius 2 is 2.08 bits per heavy atom. The zero-order valence-corrected chi connectivity index (χ0v) is 7.70. The van der Waals surface area contributed by atoms with Crippen LogP contribution in [0.3, 0.4) is 0 Å². The molecule has 1 rings (SSSR count). The highest BCUT2D eigenvalue weighted by molar-refractivity contribution is 5.96. The minimum Gasteiger partial charge on any atom is -0.321 e. The summed E-state index contributed by atoms with van der Waals surface area (Å²) < 4.78 is 0. The maximum Gasteiger partial charge on any atom is 0.326 e. The molecule has 0 N–H and O–H groups in total. The first-order chi connectivity index (χ1) is 5.57. The molecule has 68 valence electrons. The van der Waals surface area contributed by atoms with E-state index in [2.05, 4.69) is 0 Å². The fraction of sp³-hybridized carbons (Fsp3) is 0.750. The number of amides is 3. The molecule has 0 bridgehead atoms. The molecule has 0 radical (unpaired) electrons. The molecule has 0 aliphatic carbocycles. The van der Waals surface area contributed by atoms with Gasteiger partial charge in [-0.25, -0.2) is 4.79 Å². The standard InChI is InChI=1S/C8H14N2O2/c1-4-10-6(2)5-7(11)9(3)8(10)12/h6H,4-5H2,1-3H3. The molecule has 0 saturated carbocycles. The highest BCUT2D eigenvalue weighted by Crippen LogP contribution is 2.14. The maximum atomic E-state index is 11.4. The van der Waals surface area contributed by atoms with Crippen LogP contribution in [0.4, 0.5) is 4.79 Å². The lowest BCUT2D eigenvalue weighted by atomic mass is 10.1. The molecular weight excluding hydrogens is 156 g/mol. The van der Waals surface area contributed by atoms with Crippen LogP contribution >= 0.6 is 0 Å². The Morgan fingerprint density at radius 1 is 1.50 bits per heavy atom. The summed E-state index contributed by atoms with van der Waals surface area (Å²) in [5.41, 5.74) is 0. The fourth-order valence-corrected chi connectivity index (χ4v) is 1.43. The van der Waals surface area contributed by atoms with Crippen molar-refractivity contribution < 1.29 is 9.59 Å². The van der Waals surface area contributed by atoms with Crippen molar-refractivity contribution in [3.8, 4) is 0 Å². The molecule has 1 heterocycles. The van der Waals surface area contributed by atoms with Gasteiger partial charge in [-0.05, 0) is 13.8 Å². The lowest BCUT2D eigenvalue weighted by Crippen LogP contribution is -2.54. The van der Waals surface area contributed by atoms with E-state index in [0.717, 1.165) is 0 Å². The first-order valence-electron chi connectivity index (χ1n) is 4.15. The van der Waals surface area contributed by atoms with Gasteiger partial charge in [0.25, 0.3) is 0 Å². The summed E-state index contributed by atoms with van der Waals surface area (Å²) in [4.78, 5) is 25.4. The van der Waals surface area contributed by atoms with Gasteiger partial charge in [0, 0.05) is 26.1 Å². The number of nitrogens with zero attached hydrogens (tertiary/aromatic N) is 2. The second-order valence-electron chi connectivity index (χ2n) is 3.07. The van der Waals surface area contributed by atoms with Gasteiger partial charge in [-0.15, -0.1) is 0 Å². The normalized spacial score (nSPS) is 25.1. The molecule has 1 aliphatic rings. The van der Waals surface area contributed by atoms with Gasteiger partial charge >= 0.3 is 6.03 Å². The van der Waals surface area contributed by atoms with Crippen molar-refractivity contribution >= 4 is 11.9 Å². The Morgan fingerprint density at radius 3 is 2.58 bits per heavy atom. The largest absolute Gasteiger partial charge is 0.326 e. The van der Waals surface area contributed by atoms with Crippen molar-refractivity contribution in [3.05, 3.63) is 0 Å². The summed E-state index contributed by atoms with van der Waals surface area (Å²) in [5.74, 6) is -0.0859. The van der Waals surface area contributed by atoms with Crippen LogP contribution in [-0.4, -0.2) is 41.4 Å². The summed E-state index contributed by atoms with van der Waals surface area (Å²) in [6, 6.07) is -0.132. The minimum absolute atomic E-state index is 0.0474. The minimum atomic E-state index is -0.179. The summed E-state index contributed by atoms with van der Waals surface area (Å²) in [7, 11) is 1.53. The van der Waals surface area contributed by atoms with E-state index in [1.807, 2.05) is 13.8 Å². The Hall–Kier alpha value is -1.06. The van der Waals surface area contributed by atoms with Gasteiger partial charge < -0.3 is 4.90 Å². The predicted molar refractivity (Wildman–Crippen MR) is 44.6 cm³/mol. The third-order valence-corrected chi connectivity index (χ3v) is 2.25. The predicted octanol–water partition coefficient (Wildman–Crippen LogP) is 0.679. The highest BCUT2D eigenvalue weighted by atomic mass is 16.2. The average Bonchev–Trinajstić information content (AvgIpc) is 2.01. The molecule has 0 aromatic rings. The molecule has 0 aromatic heterocycles. The Labute approximate surface area is 72.1 Å².